The van der Waals surface area contributed by atoms with Crippen LogP contribution >= 0.6 is 0 Å². The molecule has 1 rings (SSSR count). The second kappa shape index (κ2) is 5.97. The Morgan fingerprint density at radius 1 is 1.38 bits per heavy atom. The highest BCUT2D eigenvalue weighted by Gasteiger charge is 2.14. The summed E-state index contributed by atoms with van der Waals surface area (Å²) in [6.07, 6.45) is 7.93. The lowest BCUT2D eigenvalue weighted by Gasteiger charge is -2.21. The third-order valence-electron chi connectivity index (χ3n) is 2.72. The molecule has 0 aromatic rings. The summed E-state index contributed by atoms with van der Waals surface area (Å²) in [5.74, 6) is 7.19. The number of hydrogen-bond donors (Lipinski definition) is 2. The fourth-order valence-electron chi connectivity index (χ4n) is 2.02. The quantitative estimate of drug-likeness (QED) is 0.303. The summed E-state index contributed by atoms with van der Waals surface area (Å²) < 4.78 is 0. The number of nitrogens with two attached hydrogens (primary N) is 1. The van der Waals surface area contributed by atoms with E-state index in [1.165, 1.54) is 32.1 Å². The van der Waals surface area contributed by atoms with E-state index in [2.05, 4.69) is 10.4 Å². The summed E-state index contributed by atoms with van der Waals surface area (Å²) in [5.41, 5.74) is 2.70. The molecule has 13 heavy (non-hydrogen) atoms. The number of rotatable bonds is 3. The van der Waals surface area contributed by atoms with Crippen molar-refractivity contribution in [2.24, 2.45) is 16.8 Å². The molecule has 0 amide bonds. The fourth-order valence-corrected chi connectivity index (χ4v) is 2.02. The van der Waals surface area contributed by atoms with Crippen LogP contribution in [0.2, 0.25) is 0 Å². The predicted molar refractivity (Wildman–Crippen MR) is 56.5 cm³/mol. The molecule has 1 aliphatic rings. The van der Waals surface area contributed by atoms with Gasteiger partial charge in [0.25, 0.3) is 0 Å². The first kappa shape index (κ1) is 10.5. The van der Waals surface area contributed by atoms with Gasteiger partial charge in [0.15, 0.2) is 0 Å². The third kappa shape index (κ3) is 3.77. The minimum Gasteiger partial charge on any atom is -0.312 e. The Labute approximate surface area is 80.8 Å². The average Bonchev–Trinajstić information content (AvgIpc) is 2.19. The predicted octanol–water partition coefficient (Wildman–Crippen LogP) is 1.84. The first-order valence-electron chi connectivity index (χ1n) is 5.36. The highest BCUT2D eigenvalue weighted by molar-refractivity contribution is 5.81. The van der Waals surface area contributed by atoms with E-state index in [4.69, 9.17) is 5.84 Å². The topological polar surface area (TPSA) is 50.4 Å². The summed E-state index contributed by atoms with van der Waals surface area (Å²) >= 11 is 0. The molecule has 1 aliphatic carbocycles. The summed E-state index contributed by atoms with van der Waals surface area (Å²) in [6, 6.07) is 0. The molecule has 1 saturated carbocycles. The second-order valence-corrected chi connectivity index (χ2v) is 3.77. The van der Waals surface area contributed by atoms with Crippen LogP contribution in [0.5, 0.6) is 0 Å². The summed E-state index contributed by atoms with van der Waals surface area (Å²) in [7, 11) is 0. The van der Waals surface area contributed by atoms with E-state index in [1.54, 1.807) is 0 Å². The number of hydrogen-bond acceptors (Lipinski definition) is 2. The van der Waals surface area contributed by atoms with Gasteiger partial charge < -0.3 is 5.43 Å². The maximum atomic E-state index is 5.40. The van der Waals surface area contributed by atoms with E-state index in [0.29, 0.717) is 0 Å². The van der Waals surface area contributed by atoms with Gasteiger partial charge in [0.1, 0.15) is 5.84 Å². The second-order valence-electron chi connectivity index (χ2n) is 3.77. The van der Waals surface area contributed by atoms with E-state index >= 15 is 0 Å². The lowest BCUT2D eigenvalue weighted by molar-refractivity contribution is 0.366. The van der Waals surface area contributed by atoms with Crippen molar-refractivity contribution in [1.82, 2.24) is 5.43 Å². The maximum Gasteiger partial charge on any atom is 0.110 e. The molecule has 3 nitrogen and oxygen atoms in total. The molecular weight excluding hydrogens is 162 g/mol. The Bertz CT molecular complexity index is 160. The van der Waals surface area contributed by atoms with Gasteiger partial charge in [0.05, 0.1) is 0 Å². The van der Waals surface area contributed by atoms with Crippen molar-refractivity contribution in [3.05, 3.63) is 0 Å². The Morgan fingerprint density at radius 3 is 2.62 bits per heavy atom. The molecule has 3 N–H and O–H groups in total. The lowest BCUT2D eigenvalue weighted by Crippen LogP contribution is -2.32. The minimum atomic E-state index is 0.815. The lowest BCUT2D eigenvalue weighted by atomic mass is 9.87. The van der Waals surface area contributed by atoms with Gasteiger partial charge in [-0.3, -0.25) is 4.99 Å². The van der Waals surface area contributed by atoms with Crippen molar-refractivity contribution < 1.29 is 0 Å². The van der Waals surface area contributed by atoms with Crippen LogP contribution < -0.4 is 11.3 Å². The van der Waals surface area contributed by atoms with Crippen molar-refractivity contribution >= 4 is 5.84 Å². The first-order valence-corrected chi connectivity index (χ1v) is 5.36. The van der Waals surface area contributed by atoms with E-state index in [-0.39, 0.29) is 0 Å². The molecule has 3 heteroatoms. The van der Waals surface area contributed by atoms with E-state index in [9.17, 15) is 0 Å². The maximum absolute atomic E-state index is 5.40. The van der Waals surface area contributed by atoms with E-state index in [0.717, 1.165) is 24.7 Å². The van der Waals surface area contributed by atoms with Crippen LogP contribution in [0.3, 0.4) is 0 Å². The molecule has 0 aromatic heterocycles. The Balaban J connectivity index is 2.31. The largest absolute Gasteiger partial charge is 0.312 e. The van der Waals surface area contributed by atoms with Crippen molar-refractivity contribution in [3.63, 3.8) is 0 Å². The smallest absolute Gasteiger partial charge is 0.110 e. The number of amidine groups is 1. The zero-order valence-electron chi connectivity index (χ0n) is 8.55. The Hall–Kier alpha value is -0.570. The zero-order valence-corrected chi connectivity index (χ0v) is 8.55. The van der Waals surface area contributed by atoms with E-state index < -0.39 is 0 Å². The molecule has 0 spiro atoms. The van der Waals surface area contributed by atoms with E-state index in [1.807, 2.05) is 6.92 Å². The van der Waals surface area contributed by atoms with Gasteiger partial charge in [-0.1, -0.05) is 32.1 Å². The molecular formula is C10H21N3. The molecule has 0 aromatic carbocycles. The van der Waals surface area contributed by atoms with Crippen LogP contribution in [0.1, 0.15) is 45.4 Å². The molecule has 0 unspecified atom stereocenters. The molecule has 76 valence electrons. The fraction of sp³-hybridized carbons (Fsp3) is 0.900. The van der Waals surface area contributed by atoms with Crippen LogP contribution in [0, 0.1) is 5.92 Å². The molecule has 0 radical (unpaired) electrons. The van der Waals surface area contributed by atoms with Crippen LogP contribution in [0.15, 0.2) is 4.99 Å². The van der Waals surface area contributed by atoms with Gasteiger partial charge in [0.2, 0.25) is 0 Å². The minimum absolute atomic E-state index is 0.815. The summed E-state index contributed by atoms with van der Waals surface area (Å²) in [4.78, 5) is 4.32. The molecule has 0 bridgehead atoms. The van der Waals surface area contributed by atoms with Gasteiger partial charge in [0, 0.05) is 13.0 Å². The SMILES string of the molecule is CCN=C(CC1CCCCC1)NN. The molecule has 1 fully saturated rings. The van der Waals surface area contributed by atoms with Crippen LogP contribution in [0.25, 0.3) is 0 Å². The van der Waals surface area contributed by atoms with Gasteiger partial charge in [-0.15, -0.1) is 0 Å². The third-order valence-corrected chi connectivity index (χ3v) is 2.72. The number of nitrogens with zero attached hydrogens (tertiary/aromatic N) is 1. The molecule has 0 saturated heterocycles. The summed E-state index contributed by atoms with van der Waals surface area (Å²) in [5, 5.41) is 0. The molecule has 0 atom stereocenters. The first-order chi connectivity index (χ1) is 6.36. The molecule has 0 aliphatic heterocycles. The molecule has 0 heterocycles. The van der Waals surface area contributed by atoms with Crippen molar-refractivity contribution in [2.75, 3.05) is 6.54 Å². The van der Waals surface area contributed by atoms with Gasteiger partial charge in [-0.25, -0.2) is 5.84 Å². The van der Waals surface area contributed by atoms with Crippen molar-refractivity contribution in [1.29, 1.82) is 0 Å². The standard InChI is InChI=1S/C10H21N3/c1-2-12-10(13-11)8-9-6-4-3-5-7-9/h9H,2-8,11H2,1H3,(H,12,13). The van der Waals surface area contributed by atoms with Crippen LogP contribution in [-0.2, 0) is 0 Å². The highest BCUT2D eigenvalue weighted by atomic mass is 15.2. The van der Waals surface area contributed by atoms with Crippen molar-refractivity contribution in [3.8, 4) is 0 Å². The van der Waals surface area contributed by atoms with Crippen molar-refractivity contribution in [2.45, 2.75) is 45.4 Å². The van der Waals surface area contributed by atoms with Crippen LogP contribution in [0.4, 0.5) is 0 Å². The number of aliphatic imine (C=N–C) groups is 1. The monoisotopic (exact) mass is 183 g/mol. The van der Waals surface area contributed by atoms with Gasteiger partial charge >= 0.3 is 0 Å². The number of nitrogens with one attached hydrogen (secondary N) is 1. The average molecular weight is 183 g/mol. The normalized spacial score (nSPS) is 20.3. The van der Waals surface area contributed by atoms with Gasteiger partial charge in [-0.05, 0) is 12.8 Å². The summed E-state index contributed by atoms with van der Waals surface area (Å²) in [6.45, 7) is 2.87. The number of hydrazine groups is 1. The Kier molecular flexibility index (Phi) is 4.83. The zero-order chi connectivity index (χ0) is 9.52. The van der Waals surface area contributed by atoms with Gasteiger partial charge in [-0.2, -0.15) is 0 Å². The van der Waals surface area contributed by atoms with Crippen LogP contribution in [-0.4, -0.2) is 12.4 Å². The Morgan fingerprint density at radius 2 is 2.08 bits per heavy atom. The highest BCUT2D eigenvalue weighted by Crippen LogP contribution is 2.26.